The maximum Gasteiger partial charge on any atom is 0.337 e. The van der Waals surface area contributed by atoms with E-state index in [1.54, 1.807) is 6.07 Å². The average molecular weight is 286 g/mol. The highest BCUT2D eigenvalue weighted by atomic mass is 35.5. The van der Waals surface area contributed by atoms with Crippen molar-refractivity contribution < 1.29 is 9.90 Å². The number of carboxylic acids is 1. The summed E-state index contributed by atoms with van der Waals surface area (Å²) in [5, 5.41) is 10.4. The van der Waals surface area contributed by atoms with Crippen LogP contribution in [0.5, 0.6) is 0 Å². The van der Waals surface area contributed by atoms with Gasteiger partial charge in [0.2, 0.25) is 0 Å². The van der Waals surface area contributed by atoms with Crippen LogP contribution in [0.15, 0.2) is 42.6 Å². The maximum atomic E-state index is 11.2. The first kappa shape index (κ1) is 12.8. The van der Waals surface area contributed by atoms with Crippen LogP contribution >= 0.6 is 11.6 Å². The molecule has 3 nitrogen and oxygen atoms in total. The summed E-state index contributed by atoms with van der Waals surface area (Å²) in [6.45, 7) is 2.02. The monoisotopic (exact) mass is 285 g/mol. The van der Waals surface area contributed by atoms with Crippen LogP contribution in [0, 0.1) is 6.92 Å². The highest BCUT2D eigenvalue weighted by molar-refractivity contribution is 6.34. The number of halogens is 1. The van der Waals surface area contributed by atoms with Crippen LogP contribution in [0.1, 0.15) is 15.9 Å². The minimum Gasteiger partial charge on any atom is -0.478 e. The molecule has 0 saturated carbocycles. The molecule has 0 amide bonds. The number of carbonyl (C=O) groups is 1. The molecule has 2 aromatic carbocycles. The molecule has 100 valence electrons. The number of nitrogens with one attached hydrogen (secondary N) is 1. The van der Waals surface area contributed by atoms with E-state index in [1.165, 1.54) is 11.8 Å². The standard InChI is InChI=1S/C16H12ClNO2/c1-9-2-4-10(5-3-9)11-6-12-13(16(19)20)8-18-15(12)7-14(11)17/h2-8,18H,1H3,(H,19,20). The Bertz CT molecular complexity index is 803. The van der Waals surface area contributed by atoms with Crippen LogP contribution in [0.2, 0.25) is 5.02 Å². The lowest BCUT2D eigenvalue weighted by molar-refractivity contribution is 0.0699. The van der Waals surface area contributed by atoms with Gasteiger partial charge in [0, 0.05) is 22.7 Å². The normalized spacial score (nSPS) is 10.9. The van der Waals surface area contributed by atoms with Crippen molar-refractivity contribution in [2.45, 2.75) is 6.92 Å². The highest BCUT2D eigenvalue weighted by Gasteiger charge is 2.13. The average Bonchev–Trinajstić information content (AvgIpc) is 2.81. The summed E-state index contributed by atoms with van der Waals surface area (Å²) in [6, 6.07) is 11.6. The zero-order valence-corrected chi connectivity index (χ0v) is 11.5. The van der Waals surface area contributed by atoms with Gasteiger partial charge in [-0.1, -0.05) is 41.4 Å². The van der Waals surface area contributed by atoms with Gasteiger partial charge in [0.1, 0.15) is 0 Å². The Morgan fingerprint density at radius 1 is 1.20 bits per heavy atom. The predicted molar refractivity (Wildman–Crippen MR) is 80.4 cm³/mol. The number of benzene rings is 2. The number of fused-ring (bicyclic) bond motifs is 1. The largest absolute Gasteiger partial charge is 0.478 e. The Hall–Kier alpha value is -2.26. The second kappa shape index (κ2) is 4.69. The van der Waals surface area contributed by atoms with Crippen molar-refractivity contribution in [2.75, 3.05) is 0 Å². The van der Waals surface area contributed by atoms with Gasteiger partial charge < -0.3 is 10.1 Å². The van der Waals surface area contributed by atoms with E-state index < -0.39 is 5.97 Å². The number of aromatic nitrogens is 1. The van der Waals surface area contributed by atoms with Crippen LogP contribution in [0.25, 0.3) is 22.0 Å². The van der Waals surface area contributed by atoms with E-state index in [1.807, 2.05) is 37.3 Å². The van der Waals surface area contributed by atoms with E-state index in [2.05, 4.69) is 4.98 Å². The molecule has 0 saturated heterocycles. The Morgan fingerprint density at radius 3 is 2.55 bits per heavy atom. The Labute approximate surface area is 120 Å². The zero-order valence-electron chi connectivity index (χ0n) is 10.8. The molecule has 0 radical (unpaired) electrons. The molecule has 0 unspecified atom stereocenters. The van der Waals surface area contributed by atoms with Gasteiger partial charge >= 0.3 is 5.97 Å². The number of H-pyrrole nitrogens is 1. The van der Waals surface area contributed by atoms with Gasteiger partial charge in [-0.15, -0.1) is 0 Å². The fourth-order valence-electron chi connectivity index (χ4n) is 2.27. The summed E-state index contributed by atoms with van der Waals surface area (Å²) in [5.41, 5.74) is 3.95. The number of rotatable bonds is 2. The number of aromatic amines is 1. The minimum absolute atomic E-state index is 0.255. The Kier molecular flexibility index (Phi) is 2.99. The Balaban J connectivity index is 2.24. The number of aryl methyl sites for hydroxylation is 1. The Morgan fingerprint density at radius 2 is 1.90 bits per heavy atom. The molecule has 0 bridgehead atoms. The molecular formula is C16H12ClNO2. The lowest BCUT2D eigenvalue weighted by Gasteiger charge is -2.06. The van der Waals surface area contributed by atoms with Gasteiger partial charge in [0.15, 0.2) is 0 Å². The molecule has 3 aromatic rings. The first-order valence-electron chi connectivity index (χ1n) is 6.17. The first-order valence-corrected chi connectivity index (χ1v) is 6.55. The smallest absolute Gasteiger partial charge is 0.337 e. The minimum atomic E-state index is -0.951. The van der Waals surface area contributed by atoms with Crippen molar-refractivity contribution in [2.24, 2.45) is 0 Å². The van der Waals surface area contributed by atoms with Crippen LogP contribution in [-0.2, 0) is 0 Å². The molecule has 0 fully saturated rings. The molecular weight excluding hydrogens is 274 g/mol. The summed E-state index contributed by atoms with van der Waals surface area (Å²) in [4.78, 5) is 14.1. The molecule has 0 atom stereocenters. The van der Waals surface area contributed by atoms with Gasteiger partial charge in [-0.05, 0) is 24.6 Å². The molecule has 1 aromatic heterocycles. The van der Waals surface area contributed by atoms with Gasteiger partial charge in [0.05, 0.1) is 10.6 Å². The predicted octanol–water partition coefficient (Wildman–Crippen LogP) is 4.49. The molecule has 1 heterocycles. The third kappa shape index (κ3) is 2.06. The number of hydrogen-bond acceptors (Lipinski definition) is 1. The van der Waals surface area contributed by atoms with Crippen molar-refractivity contribution in [3.63, 3.8) is 0 Å². The first-order chi connectivity index (χ1) is 9.56. The second-order valence-corrected chi connectivity index (χ2v) is 5.16. The molecule has 0 aliphatic rings. The van der Waals surface area contributed by atoms with E-state index >= 15 is 0 Å². The van der Waals surface area contributed by atoms with Crippen molar-refractivity contribution in [3.8, 4) is 11.1 Å². The van der Waals surface area contributed by atoms with E-state index in [9.17, 15) is 9.90 Å². The molecule has 4 heteroatoms. The van der Waals surface area contributed by atoms with Gasteiger partial charge in [-0.3, -0.25) is 0 Å². The molecule has 2 N–H and O–H groups in total. The van der Waals surface area contributed by atoms with Gasteiger partial charge in [-0.25, -0.2) is 4.79 Å². The summed E-state index contributed by atoms with van der Waals surface area (Å²) in [6.07, 6.45) is 1.49. The summed E-state index contributed by atoms with van der Waals surface area (Å²) < 4.78 is 0. The summed E-state index contributed by atoms with van der Waals surface area (Å²) >= 11 is 6.30. The van der Waals surface area contributed by atoms with Crippen LogP contribution in [0.4, 0.5) is 0 Å². The maximum absolute atomic E-state index is 11.2. The van der Waals surface area contributed by atoms with Gasteiger partial charge in [-0.2, -0.15) is 0 Å². The molecule has 20 heavy (non-hydrogen) atoms. The number of hydrogen-bond donors (Lipinski definition) is 2. The number of carboxylic acid groups (broad SMARTS) is 1. The highest BCUT2D eigenvalue weighted by Crippen LogP contribution is 2.33. The number of aromatic carboxylic acids is 1. The lowest BCUT2D eigenvalue weighted by Crippen LogP contribution is -1.93. The molecule has 3 rings (SSSR count). The lowest BCUT2D eigenvalue weighted by atomic mass is 10.0. The van der Waals surface area contributed by atoms with E-state index in [0.29, 0.717) is 10.4 Å². The zero-order chi connectivity index (χ0) is 14.3. The second-order valence-electron chi connectivity index (χ2n) is 4.75. The van der Waals surface area contributed by atoms with Crippen molar-refractivity contribution in [3.05, 3.63) is 58.7 Å². The van der Waals surface area contributed by atoms with E-state index in [4.69, 9.17) is 11.6 Å². The summed E-state index contributed by atoms with van der Waals surface area (Å²) in [5.74, 6) is -0.951. The summed E-state index contributed by atoms with van der Waals surface area (Å²) in [7, 11) is 0. The molecule has 0 spiro atoms. The van der Waals surface area contributed by atoms with Crippen LogP contribution in [-0.4, -0.2) is 16.1 Å². The topological polar surface area (TPSA) is 53.1 Å². The SMILES string of the molecule is Cc1ccc(-c2cc3c(C(=O)O)c[nH]c3cc2Cl)cc1. The van der Waals surface area contributed by atoms with Crippen molar-refractivity contribution in [1.82, 2.24) is 4.98 Å². The van der Waals surface area contributed by atoms with Crippen molar-refractivity contribution >= 4 is 28.5 Å². The third-order valence-electron chi connectivity index (χ3n) is 3.36. The quantitative estimate of drug-likeness (QED) is 0.728. The fraction of sp³-hybridized carbons (Fsp3) is 0.0625. The van der Waals surface area contributed by atoms with Crippen molar-refractivity contribution in [1.29, 1.82) is 0 Å². The van der Waals surface area contributed by atoms with Crippen LogP contribution < -0.4 is 0 Å². The van der Waals surface area contributed by atoms with Gasteiger partial charge in [0.25, 0.3) is 0 Å². The van der Waals surface area contributed by atoms with Crippen LogP contribution in [0.3, 0.4) is 0 Å². The van der Waals surface area contributed by atoms with E-state index in [0.717, 1.165) is 16.6 Å². The molecule has 0 aliphatic heterocycles. The third-order valence-corrected chi connectivity index (χ3v) is 3.68. The fourth-order valence-corrected chi connectivity index (χ4v) is 2.55. The van der Waals surface area contributed by atoms with E-state index in [-0.39, 0.29) is 5.56 Å². The molecule has 0 aliphatic carbocycles.